The molecule has 0 saturated heterocycles. The van der Waals surface area contributed by atoms with Gasteiger partial charge >= 0.3 is 0 Å². The van der Waals surface area contributed by atoms with E-state index in [1.165, 1.54) is 11.3 Å². The minimum atomic E-state index is -0.191. The zero-order valence-electron chi connectivity index (χ0n) is 12.3. The van der Waals surface area contributed by atoms with Gasteiger partial charge in [-0.2, -0.15) is 0 Å². The maximum absolute atomic E-state index is 13.2. The van der Waals surface area contributed by atoms with Crippen molar-refractivity contribution in [2.45, 2.75) is 25.3 Å². The predicted octanol–water partition coefficient (Wildman–Crippen LogP) is 5.61. The first kappa shape index (κ1) is 13.8. The highest BCUT2D eigenvalue weighted by molar-refractivity contribution is 6.30. The molecule has 0 amide bonds. The van der Waals surface area contributed by atoms with Crippen LogP contribution in [0.4, 0.5) is 10.1 Å². The summed E-state index contributed by atoms with van der Waals surface area (Å²) in [5.41, 5.74) is 4.75. The van der Waals surface area contributed by atoms with Crippen LogP contribution in [-0.4, -0.2) is 0 Å². The molecular formula is C19H17ClFN. The van der Waals surface area contributed by atoms with E-state index in [2.05, 4.69) is 30.5 Å². The summed E-state index contributed by atoms with van der Waals surface area (Å²) in [7, 11) is 0. The van der Waals surface area contributed by atoms with Crippen LogP contribution in [0.2, 0.25) is 5.02 Å². The predicted molar refractivity (Wildman–Crippen MR) is 88.9 cm³/mol. The summed E-state index contributed by atoms with van der Waals surface area (Å²) in [5.74, 6) is 0.642. The van der Waals surface area contributed by atoms with Crippen molar-refractivity contribution >= 4 is 17.3 Å². The Kier molecular flexibility index (Phi) is 3.23. The maximum Gasteiger partial charge on any atom is 0.123 e. The third-order valence-corrected chi connectivity index (χ3v) is 5.08. The topological polar surface area (TPSA) is 12.0 Å². The standard InChI is InChI=1S/C19H17ClFN/c1-11-9-13(20)10-17-15-3-2-4-16(15)19(22-18(11)17)12-5-7-14(21)8-6-12/h2-3,5-10,15-16,19,22H,4H2,1H3/t15-,16+,19-/m1/s1. The first-order valence-corrected chi connectivity index (χ1v) is 8.00. The van der Waals surface area contributed by atoms with Crippen LogP contribution in [0.3, 0.4) is 0 Å². The average molecular weight is 314 g/mol. The van der Waals surface area contributed by atoms with Gasteiger partial charge in [-0.3, -0.25) is 0 Å². The fourth-order valence-electron chi connectivity index (χ4n) is 3.84. The van der Waals surface area contributed by atoms with E-state index in [1.54, 1.807) is 12.1 Å². The number of benzene rings is 2. The highest BCUT2D eigenvalue weighted by Crippen LogP contribution is 2.51. The van der Waals surface area contributed by atoms with E-state index in [9.17, 15) is 4.39 Å². The van der Waals surface area contributed by atoms with Crippen molar-refractivity contribution in [3.63, 3.8) is 0 Å². The molecule has 1 aliphatic heterocycles. The van der Waals surface area contributed by atoms with Gasteiger partial charge in [0.15, 0.2) is 0 Å². The van der Waals surface area contributed by atoms with E-state index in [0.29, 0.717) is 11.8 Å². The number of fused-ring (bicyclic) bond motifs is 3. The summed E-state index contributed by atoms with van der Waals surface area (Å²) < 4.78 is 13.2. The van der Waals surface area contributed by atoms with Gasteiger partial charge in [0.25, 0.3) is 0 Å². The molecule has 0 spiro atoms. The van der Waals surface area contributed by atoms with Crippen molar-refractivity contribution in [1.82, 2.24) is 0 Å². The monoisotopic (exact) mass is 313 g/mol. The second-order valence-corrected chi connectivity index (χ2v) is 6.65. The number of anilines is 1. The van der Waals surface area contributed by atoms with Crippen molar-refractivity contribution in [2.24, 2.45) is 5.92 Å². The lowest BCUT2D eigenvalue weighted by molar-refractivity contribution is 0.425. The molecule has 0 bridgehead atoms. The second-order valence-electron chi connectivity index (χ2n) is 6.21. The molecule has 0 saturated carbocycles. The lowest BCUT2D eigenvalue weighted by atomic mass is 9.76. The van der Waals surface area contributed by atoms with Crippen molar-refractivity contribution in [1.29, 1.82) is 0 Å². The molecule has 1 heterocycles. The molecule has 0 unspecified atom stereocenters. The molecule has 4 rings (SSSR count). The normalized spacial score (nSPS) is 25.5. The minimum Gasteiger partial charge on any atom is -0.377 e. The molecule has 1 aliphatic carbocycles. The molecule has 0 fully saturated rings. The molecule has 3 atom stereocenters. The first-order valence-electron chi connectivity index (χ1n) is 7.62. The molecule has 0 aromatic heterocycles. The zero-order chi connectivity index (χ0) is 15.3. The first-order chi connectivity index (χ1) is 10.6. The fourth-order valence-corrected chi connectivity index (χ4v) is 4.12. The van der Waals surface area contributed by atoms with Crippen LogP contribution in [0.5, 0.6) is 0 Å². The summed E-state index contributed by atoms with van der Waals surface area (Å²) in [4.78, 5) is 0. The van der Waals surface area contributed by atoms with Crippen LogP contribution in [-0.2, 0) is 0 Å². The smallest absolute Gasteiger partial charge is 0.123 e. The molecule has 22 heavy (non-hydrogen) atoms. The van der Waals surface area contributed by atoms with Gasteiger partial charge < -0.3 is 5.32 Å². The lowest BCUT2D eigenvalue weighted by Gasteiger charge is -2.38. The second kappa shape index (κ2) is 5.13. The van der Waals surface area contributed by atoms with Crippen molar-refractivity contribution in [3.05, 3.63) is 76.1 Å². The van der Waals surface area contributed by atoms with Crippen LogP contribution in [0.25, 0.3) is 0 Å². The lowest BCUT2D eigenvalue weighted by Crippen LogP contribution is -2.29. The van der Waals surface area contributed by atoms with E-state index in [-0.39, 0.29) is 11.9 Å². The number of nitrogens with one attached hydrogen (secondary N) is 1. The van der Waals surface area contributed by atoms with Crippen molar-refractivity contribution in [3.8, 4) is 0 Å². The van der Waals surface area contributed by atoms with Gasteiger partial charge in [-0.05, 0) is 60.2 Å². The van der Waals surface area contributed by atoms with Crippen LogP contribution < -0.4 is 5.32 Å². The molecule has 2 aromatic carbocycles. The van der Waals surface area contributed by atoms with E-state index in [0.717, 1.165) is 22.6 Å². The number of hydrogen-bond donors (Lipinski definition) is 1. The highest BCUT2D eigenvalue weighted by atomic mass is 35.5. The Morgan fingerprint density at radius 3 is 2.73 bits per heavy atom. The van der Waals surface area contributed by atoms with E-state index < -0.39 is 0 Å². The van der Waals surface area contributed by atoms with Gasteiger partial charge in [0.1, 0.15) is 5.82 Å². The summed E-state index contributed by atoms with van der Waals surface area (Å²) in [6.45, 7) is 2.08. The van der Waals surface area contributed by atoms with Gasteiger partial charge in [-0.15, -0.1) is 0 Å². The Hall–Kier alpha value is -1.80. The largest absolute Gasteiger partial charge is 0.377 e. The van der Waals surface area contributed by atoms with Gasteiger partial charge in [0.05, 0.1) is 6.04 Å². The van der Waals surface area contributed by atoms with Crippen LogP contribution in [0.1, 0.15) is 35.1 Å². The zero-order valence-corrected chi connectivity index (χ0v) is 13.1. The Morgan fingerprint density at radius 1 is 1.18 bits per heavy atom. The Balaban J connectivity index is 1.82. The van der Waals surface area contributed by atoms with Gasteiger partial charge in [-0.25, -0.2) is 4.39 Å². The van der Waals surface area contributed by atoms with Crippen molar-refractivity contribution < 1.29 is 4.39 Å². The average Bonchev–Trinajstić information content (AvgIpc) is 2.97. The summed E-state index contributed by atoms with van der Waals surface area (Å²) in [5, 5.41) is 4.47. The molecule has 2 aromatic rings. The molecule has 2 aliphatic rings. The molecule has 1 nitrogen and oxygen atoms in total. The quantitative estimate of drug-likeness (QED) is 0.674. The SMILES string of the molecule is Cc1cc(Cl)cc2c1N[C@H](c1ccc(F)cc1)[C@H]1CC=C[C@@H]21. The van der Waals surface area contributed by atoms with Crippen molar-refractivity contribution in [2.75, 3.05) is 5.32 Å². The fraction of sp³-hybridized carbons (Fsp3) is 0.263. The third-order valence-electron chi connectivity index (χ3n) is 4.86. The molecule has 3 heteroatoms. The Morgan fingerprint density at radius 2 is 1.95 bits per heavy atom. The molecule has 112 valence electrons. The van der Waals surface area contributed by atoms with E-state index in [4.69, 9.17) is 11.6 Å². The summed E-state index contributed by atoms with van der Waals surface area (Å²) in [6.07, 6.45) is 5.57. The molecule has 0 radical (unpaired) electrons. The number of rotatable bonds is 1. The Bertz CT molecular complexity index is 751. The number of aryl methyl sites for hydroxylation is 1. The number of hydrogen-bond acceptors (Lipinski definition) is 1. The van der Waals surface area contributed by atoms with Crippen LogP contribution in [0, 0.1) is 18.7 Å². The van der Waals surface area contributed by atoms with Gasteiger partial charge in [-0.1, -0.05) is 35.9 Å². The summed E-state index contributed by atoms with van der Waals surface area (Å²) >= 11 is 6.25. The van der Waals surface area contributed by atoms with Gasteiger partial charge in [0, 0.05) is 16.6 Å². The van der Waals surface area contributed by atoms with Gasteiger partial charge in [0.2, 0.25) is 0 Å². The molecule has 1 N–H and O–H groups in total. The van der Waals surface area contributed by atoms with Crippen LogP contribution >= 0.6 is 11.6 Å². The van der Waals surface area contributed by atoms with E-state index >= 15 is 0 Å². The Labute approximate surface area is 134 Å². The maximum atomic E-state index is 13.2. The number of allylic oxidation sites excluding steroid dienone is 2. The summed E-state index contributed by atoms with van der Waals surface area (Å²) in [6, 6.07) is 11.1. The van der Waals surface area contributed by atoms with Crippen LogP contribution in [0.15, 0.2) is 48.6 Å². The highest BCUT2D eigenvalue weighted by Gasteiger charge is 2.38. The minimum absolute atomic E-state index is 0.191. The van der Waals surface area contributed by atoms with E-state index in [1.807, 2.05) is 18.2 Å². The number of halogens is 2. The third kappa shape index (κ3) is 2.14. The molecular weight excluding hydrogens is 297 g/mol.